The highest BCUT2D eigenvalue weighted by Gasteiger charge is 2.30. The molecule has 1 N–H and O–H groups in total. The number of methoxy groups -OCH3 is 1. The molecule has 14 heavy (non-hydrogen) atoms. The van der Waals surface area contributed by atoms with Crippen molar-refractivity contribution in [3.05, 3.63) is 0 Å². The van der Waals surface area contributed by atoms with Gasteiger partial charge in [-0.05, 0) is 38.6 Å². The summed E-state index contributed by atoms with van der Waals surface area (Å²) < 4.78 is 5.15. The van der Waals surface area contributed by atoms with Crippen molar-refractivity contribution in [2.24, 2.45) is 5.92 Å². The molecule has 1 fully saturated rings. The topological polar surface area (TPSA) is 21.3 Å². The molecule has 0 aromatic rings. The maximum atomic E-state index is 5.15. The van der Waals surface area contributed by atoms with E-state index in [2.05, 4.69) is 19.2 Å². The summed E-state index contributed by atoms with van der Waals surface area (Å²) in [6.07, 6.45) is 6.59. The number of hydrogen-bond acceptors (Lipinski definition) is 2. The third kappa shape index (κ3) is 3.25. The molecular formula is C12H25NO. The summed E-state index contributed by atoms with van der Waals surface area (Å²) in [5.74, 6) is 0.709. The van der Waals surface area contributed by atoms with Gasteiger partial charge in [-0.1, -0.05) is 19.8 Å². The first-order valence-electron chi connectivity index (χ1n) is 5.93. The largest absolute Gasteiger partial charge is 0.385 e. The van der Waals surface area contributed by atoms with Gasteiger partial charge in [0.05, 0.1) is 0 Å². The van der Waals surface area contributed by atoms with Crippen LogP contribution < -0.4 is 5.32 Å². The Hall–Kier alpha value is -0.0800. The van der Waals surface area contributed by atoms with E-state index in [4.69, 9.17) is 4.74 Å². The molecule has 2 nitrogen and oxygen atoms in total. The molecule has 0 saturated carbocycles. The van der Waals surface area contributed by atoms with E-state index in [1.807, 2.05) is 0 Å². The van der Waals surface area contributed by atoms with Crippen LogP contribution in [0.2, 0.25) is 0 Å². The van der Waals surface area contributed by atoms with E-state index in [0.29, 0.717) is 11.5 Å². The fourth-order valence-electron chi connectivity index (χ4n) is 2.29. The summed E-state index contributed by atoms with van der Waals surface area (Å²) in [6.45, 7) is 6.79. The summed E-state index contributed by atoms with van der Waals surface area (Å²) in [5.41, 5.74) is 0.342. The lowest BCUT2D eigenvalue weighted by atomic mass is 9.81. The van der Waals surface area contributed by atoms with E-state index in [9.17, 15) is 0 Å². The zero-order valence-electron chi connectivity index (χ0n) is 9.94. The maximum Gasteiger partial charge on any atom is 0.0465 e. The van der Waals surface area contributed by atoms with Gasteiger partial charge in [0.15, 0.2) is 0 Å². The highest BCUT2D eigenvalue weighted by atomic mass is 16.5. The van der Waals surface area contributed by atoms with Gasteiger partial charge < -0.3 is 10.1 Å². The van der Waals surface area contributed by atoms with Gasteiger partial charge in [0.25, 0.3) is 0 Å². The van der Waals surface area contributed by atoms with Crippen LogP contribution in [0.5, 0.6) is 0 Å². The van der Waals surface area contributed by atoms with Gasteiger partial charge in [-0.15, -0.1) is 0 Å². The molecule has 0 aliphatic carbocycles. The van der Waals surface area contributed by atoms with Crippen LogP contribution in [0.15, 0.2) is 0 Å². The van der Waals surface area contributed by atoms with Crippen molar-refractivity contribution in [1.29, 1.82) is 0 Å². The van der Waals surface area contributed by atoms with Gasteiger partial charge in [-0.25, -0.2) is 0 Å². The molecule has 1 rings (SSSR count). The van der Waals surface area contributed by atoms with Gasteiger partial charge in [0.2, 0.25) is 0 Å². The third-order valence-corrected chi connectivity index (χ3v) is 3.74. The first-order chi connectivity index (χ1) is 6.69. The second-order valence-corrected chi connectivity index (χ2v) is 4.84. The molecule has 1 aliphatic heterocycles. The average Bonchev–Trinajstić information content (AvgIpc) is 2.40. The zero-order chi connectivity index (χ0) is 10.4. The van der Waals surface area contributed by atoms with E-state index >= 15 is 0 Å². The van der Waals surface area contributed by atoms with Gasteiger partial charge >= 0.3 is 0 Å². The van der Waals surface area contributed by atoms with E-state index in [-0.39, 0.29) is 0 Å². The number of nitrogens with one attached hydrogen (secondary N) is 1. The Morgan fingerprint density at radius 1 is 1.36 bits per heavy atom. The van der Waals surface area contributed by atoms with Crippen molar-refractivity contribution < 1.29 is 4.74 Å². The Morgan fingerprint density at radius 3 is 2.86 bits per heavy atom. The molecule has 2 unspecified atom stereocenters. The zero-order valence-corrected chi connectivity index (χ0v) is 9.94. The van der Waals surface area contributed by atoms with Crippen LogP contribution in [0.3, 0.4) is 0 Å². The second kappa shape index (κ2) is 5.72. The quantitative estimate of drug-likeness (QED) is 0.751. The molecule has 2 atom stereocenters. The first-order valence-corrected chi connectivity index (χ1v) is 5.93. The lowest BCUT2D eigenvalue weighted by Crippen LogP contribution is -2.47. The minimum Gasteiger partial charge on any atom is -0.385 e. The highest BCUT2D eigenvalue weighted by Crippen LogP contribution is 2.28. The van der Waals surface area contributed by atoms with Gasteiger partial charge in [0.1, 0.15) is 0 Å². The monoisotopic (exact) mass is 199 g/mol. The molecule has 0 aromatic heterocycles. The summed E-state index contributed by atoms with van der Waals surface area (Å²) in [7, 11) is 1.79. The fourth-order valence-corrected chi connectivity index (χ4v) is 2.29. The van der Waals surface area contributed by atoms with Crippen LogP contribution in [0.25, 0.3) is 0 Å². The summed E-state index contributed by atoms with van der Waals surface area (Å²) in [6, 6.07) is 0. The normalized spacial score (nSPS) is 31.1. The summed E-state index contributed by atoms with van der Waals surface area (Å²) in [5, 5.41) is 3.71. The van der Waals surface area contributed by atoms with Gasteiger partial charge in [0, 0.05) is 19.3 Å². The first kappa shape index (κ1) is 12.0. The lowest BCUT2D eigenvalue weighted by molar-refractivity contribution is 0.143. The molecule has 0 bridgehead atoms. The Kier molecular flexibility index (Phi) is 4.90. The van der Waals surface area contributed by atoms with Crippen molar-refractivity contribution in [2.45, 2.75) is 51.5 Å². The molecule has 1 saturated heterocycles. The fraction of sp³-hybridized carbons (Fsp3) is 1.00. The predicted molar refractivity (Wildman–Crippen MR) is 60.5 cm³/mol. The van der Waals surface area contributed by atoms with Crippen molar-refractivity contribution in [2.75, 3.05) is 20.3 Å². The summed E-state index contributed by atoms with van der Waals surface area (Å²) in [4.78, 5) is 0. The van der Waals surface area contributed by atoms with Crippen LogP contribution in [-0.2, 0) is 4.74 Å². The highest BCUT2D eigenvalue weighted by molar-refractivity contribution is 4.89. The van der Waals surface area contributed by atoms with Gasteiger partial charge in [-0.2, -0.15) is 0 Å². The van der Waals surface area contributed by atoms with Crippen LogP contribution in [-0.4, -0.2) is 25.8 Å². The maximum absolute atomic E-state index is 5.15. The molecule has 0 radical (unpaired) electrons. The average molecular weight is 199 g/mol. The van der Waals surface area contributed by atoms with E-state index in [0.717, 1.165) is 6.61 Å². The van der Waals surface area contributed by atoms with E-state index in [1.165, 1.54) is 38.6 Å². The third-order valence-electron chi connectivity index (χ3n) is 3.74. The van der Waals surface area contributed by atoms with Crippen LogP contribution >= 0.6 is 0 Å². The smallest absolute Gasteiger partial charge is 0.0465 e. The summed E-state index contributed by atoms with van der Waals surface area (Å²) >= 11 is 0. The molecular weight excluding hydrogens is 174 g/mol. The molecule has 0 aromatic carbocycles. The van der Waals surface area contributed by atoms with E-state index in [1.54, 1.807) is 7.11 Å². The standard InChI is InChI=1S/C12H25NO/c1-11(7-10-14-3)12(2)8-5-4-6-9-13-12/h11,13H,4-10H2,1-3H3. The van der Waals surface area contributed by atoms with Crippen molar-refractivity contribution in [1.82, 2.24) is 5.32 Å². The molecule has 0 spiro atoms. The molecule has 1 heterocycles. The lowest BCUT2D eigenvalue weighted by Gasteiger charge is -2.36. The molecule has 1 aliphatic rings. The van der Waals surface area contributed by atoms with Crippen molar-refractivity contribution in [3.8, 4) is 0 Å². The minimum atomic E-state index is 0.342. The number of rotatable bonds is 4. The Morgan fingerprint density at radius 2 is 2.14 bits per heavy atom. The Labute approximate surface area is 88.4 Å². The Balaban J connectivity index is 2.43. The van der Waals surface area contributed by atoms with Crippen molar-refractivity contribution in [3.63, 3.8) is 0 Å². The predicted octanol–water partition coefficient (Wildman–Crippen LogP) is 2.58. The minimum absolute atomic E-state index is 0.342. The molecule has 0 amide bonds. The SMILES string of the molecule is COCCC(C)C1(C)CCCCCN1. The number of ether oxygens (including phenoxy) is 1. The number of hydrogen-bond donors (Lipinski definition) is 1. The van der Waals surface area contributed by atoms with Gasteiger partial charge in [-0.3, -0.25) is 0 Å². The molecule has 84 valence electrons. The van der Waals surface area contributed by atoms with Crippen LogP contribution in [0.4, 0.5) is 0 Å². The van der Waals surface area contributed by atoms with Crippen LogP contribution in [0, 0.1) is 5.92 Å². The second-order valence-electron chi connectivity index (χ2n) is 4.84. The molecule has 2 heteroatoms. The van der Waals surface area contributed by atoms with E-state index < -0.39 is 0 Å². The van der Waals surface area contributed by atoms with Crippen LogP contribution in [0.1, 0.15) is 46.0 Å². The Bertz CT molecular complexity index is 150. The van der Waals surface area contributed by atoms with Crippen molar-refractivity contribution >= 4 is 0 Å².